The SMILES string of the molecule is c1ccc(N(c2ccc3c(c2)sc2ccccc23)c2cc3ccccc3c3ccccc23)c(-c2ccc3c(c2)sc2ccccc23)c1. The highest BCUT2D eigenvalue weighted by atomic mass is 32.1. The molecule has 0 fully saturated rings. The average Bonchev–Trinajstić information content (AvgIpc) is 3.69. The molecule has 8 aromatic carbocycles. The second-order valence-electron chi connectivity index (χ2n) is 12.1. The van der Waals surface area contributed by atoms with Crippen molar-refractivity contribution in [3.05, 3.63) is 164 Å². The highest BCUT2D eigenvalue weighted by Gasteiger charge is 2.21. The van der Waals surface area contributed by atoms with Crippen molar-refractivity contribution in [1.82, 2.24) is 0 Å². The third-order valence-corrected chi connectivity index (χ3v) is 11.7. The Hall–Kier alpha value is -5.48. The molecule has 0 amide bonds. The number of anilines is 3. The predicted octanol–water partition coefficient (Wildman–Crippen LogP) is 13.9. The van der Waals surface area contributed by atoms with Crippen molar-refractivity contribution in [3.63, 3.8) is 0 Å². The Morgan fingerprint density at radius 1 is 0.340 bits per heavy atom. The molecule has 0 radical (unpaired) electrons. The van der Waals surface area contributed by atoms with Crippen molar-refractivity contribution in [2.24, 2.45) is 0 Å². The Bertz CT molecular complexity index is 2820. The van der Waals surface area contributed by atoms with Gasteiger partial charge in [-0.05, 0) is 64.2 Å². The zero-order valence-corrected chi connectivity index (χ0v) is 27.0. The second-order valence-corrected chi connectivity index (χ2v) is 14.3. The Morgan fingerprint density at radius 3 is 1.66 bits per heavy atom. The molecule has 0 atom stereocenters. The fourth-order valence-corrected chi connectivity index (χ4v) is 9.57. The number of para-hydroxylation sites is 1. The Kier molecular flexibility index (Phi) is 5.98. The number of hydrogen-bond acceptors (Lipinski definition) is 3. The highest BCUT2D eigenvalue weighted by molar-refractivity contribution is 7.26. The van der Waals surface area contributed by atoms with Crippen LogP contribution in [0.5, 0.6) is 0 Å². The molecule has 3 heteroatoms. The van der Waals surface area contributed by atoms with E-state index in [0.29, 0.717) is 0 Å². The van der Waals surface area contributed by atoms with Crippen LogP contribution in [-0.2, 0) is 0 Å². The Labute approximate surface area is 280 Å². The topological polar surface area (TPSA) is 3.24 Å². The largest absolute Gasteiger partial charge is 0.309 e. The zero-order valence-electron chi connectivity index (χ0n) is 25.4. The summed E-state index contributed by atoms with van der Waals surface area (Å²) in [6, 6.07) is 60.3. The van der Waals surface area contributed by atoms with E-state index in [1.165, 1.54) is 78.7 Å². The van der Waals surface area contributed by atoms with Crippen LogP contribution in [0.4, 0.5) is 17.1 Å². The van der Waals surface area contributed by atoms with E-state index in [-0.39, 0.29) is 0 Å². The van der Waals surface area contributed by atoms with Crippen molar-refractivity contribution >= 4 is 102 Å². The molecule has 10 aromatic rings. The lowest BCUT2D eigenvalue weighted by molar-refractivity contribution is 1.31. The van der Waals surface area contributed by atoms with Crippen molar-refractivity contribution < 1.29 is 0 Å². The number of hydrogen-bond donors (Lipinski definition) is 0. The molecule has 220 valence electrons. The molecule has 0 unspecified atom stereocenters. The predicted molar refractivity (Wildman–Crippen MR) is 207 cm³/mol. The van der Waals surface area contributed by atoms with Gasteiger partial charge in [-0.3, -0.25) is 0 Å². The molecule has 0 aliphatic carbocycles. The zero-order chi connectivity index (χ0) is 30.9. The lowest BCUT2D eigenvalue weighted by Gasteiger charge is -2.29. The van der Waals surface area contributed by atoms with E-state index in [9.17, 15) is 0 Å². The van der Waals surface area contributed by atoms with Crippen LogP contribution in [0.25, 0.3) is 73.0 Å². The number of fused-ring (bicyclic) bond motifs is 9. The van der Waals surface area contributed by atoms with Gasteiger partial charge in [0.1, 0.15) is 0 Å². The minimum atomic E-state index is 1.15. The summed E-state index contributed by atoms with van der Waals surface area (Å²) in [5.74, 6) is 0. The van der Waals surface area contributed by atoms with E-state index in [2.05, 4.69) is 169 Å². The van der Waals surface area contributed by atoms with Gasteiger partial charge in [-0.1, -0.05) is 121 Å². The fourth-order valence-electron chi connectivity index (χ4n) is 7.29. The lowest BCUT2D eigenvalue weighted by Crippen LogP contribution is -2.12. The van der Waals surface area contributed by atoms with E-state index in [1.807, 2.05) is 22.7 Å². The number of rotatable bonds is 4. The van der Waals surface area contributed by atoms with Gasteiger partial charge in [0.05, 0.1) is 11.4 Å². The van der Waals surface area contributed by atoms with Gasteiger partial charge < -0.3 is 4.90 Å². The first-order valence-electron chi connectivity index (χ1n) is 15.9. The van der Waals surface area contributed by atoms with Crippen molar-refractivity contribution in [1.29, 1.82) is 0 Å². The molecule has 0 aliphatic heterocycles. The summed E-state index contributed by atoms with van der Waals surface area (Å²) in [7, 11) is 0. The van der Waals surface area contributed by atoms with Crippen LogP contribution in [0.15, 0.2) is 164 Å². The molecule has 1 nitrogen and oxygen atoms in total. The molecular weight excluding hydrogens is 607 g/mol. The maximum atomic E-state index is 2.49. The first-order chi connectivity index (χ1) is 23.3. The molecule has 2 aromatic heterocycles. The summed E-state index contributed by atoms with van der Waals surface area (Å²) in [6.07, 6.45) is 0. The Balaban J connectivity index is 1.26. The number of benzene rings is 8. The summed E-state index contributed by atoms with van der Waals surface area (Å²) in [6.45, 7) is 0. The standard InChI is InChI=1S/C44H27NS2/c1-2-12-31-28(11-1)25-40(34-15-4-3-14-33(31)34)45(30-22-24-38-36-17-7-10-20-42(36)47-44(38)27-30)39-18-8-5-13-32(39)29-21-23-37-35-16-6-9-19-41(35)46-43(37)26-29/h1-27H. The summed E-state index contributed by atoms with van der Waals surface area (Å²) >= 11 is 3.74. The number of thiophene rings is 2. The van der Waals surface area contributed by atoms with Gasteiger partial charge in [0, 0.05) is 57.0 Å². The average molecular weight is 634 g/mol. The molecule has 0 spiro atoms. The van der Waals surface area contributed by atoms with Crippen LogP contribution in [0.3, 0.4) is 0 Å². The third kappa shape index (κ3) is 4.21. The van der Waals surface area contributed by atoms with E-state index >= 15 is 0 Å². The molecule has 0 aliphatic rings. The highest BCUT2D eigenvalue weighted by Crippen LogP contribution is 2.47. The monoisotopic (exact) mass is 633 g/mol. The molecular formula is C44H27NS2. The van der Waals surface area contributed by atoms with Crippen LogP contribution in [0.2, 0.25) is 0 Å². The first-order valence-corrected chi connectivity index (χ1v) is 17.6. The normalized spacial score (nSPS) is 11.8. The molecule has 47 heavy (non-hydrogen) atoms. The maximum absolute atomic E-state index is 2.49. The third-order valence-electron chi connectivity index (χ3n) is 9.44. The molecule has 2 heterocycles. The van der Waals surface area contributed by atoms with Gasteiger partial charge in [-0.2, -0.15) is 0 Å². The van der Waals surface area contributed by atoms with Crippen molar-refractivity contribution in [3.8, 4) is 11.1 Å². The van der Waals surface area contributed by atoms with E-state index in [1.54, 1.807) is 0 Å². The maximum Gasteiger partial charge on any atom is 0.0546 e. The van der Waals surface area contributed by atoms with Crippen LogP contribution < -0.4 is 4.90 Å². The summed E-state index contributed by atoms with van der Waals surface area (Å²) < 4.78 is 5.25. The minimum Gasteiger partial charge on any atom is -0.309 e. The van der Waals surface area contributed by atoms with Gasteiger partial charge in [0.25, 0.3) is 0 Å². The van der Waals surface area contributed by atoms with Gasteiger partial charge in [-0.15, -0.1) is 22.7 Å². The summed E-state index contributed by atoms with van der Waals surface area (Å²) in [4.78, 5) is 2.49. The first kappa shape index (κ1) is 26.7. The Morgan fingerprint density at radius 2 is 0.894 bits per heavy atom. The number of nitrogens with zero attached hydrogens (tertiary/aromatic N) is 1. The van der Waals surface area contributed by atoms with Crippen LogP contribution >= 0.6 is 22.7 Å². The molecule has 0 saturated carbocycles. The van der Waals surface area contributed by atoms with Gasteiger partial charge in [0.2, 0.25) is 0 Å². The van der Waals surface area contributed by atoms with Crippen molar-refractivity contribution in [2.45, 2.75) is 0 Å². The smallest absolute Gasteiger partial charge is 0.0546 e. The molecule has 0 bridgehead atoms. The molecule has 0 saturated heterocycles. The van der Waals surface area contributed by atoms with Crippen LogP contribution in [-0.4, -0.2) is 0 Å². The molecule has 10 rings (SSSR count). The van der Waals surface area contributed by atoms with Crippen LogP contribution in [0.1, 0.15) is 0 Å². The van der Waals surface area contributed by atoms with Crippen molar-refractivity contribution in [2.75, 3.05) is 4.90 Å². The van der Waals surface area contributed by atoms with E-state index < -0.39 is 0 Å². The fraction of sp³-hybridized carbons (Fsp3) is 0. The minimum absolute atomic E-state index is 1.15. The summed E-state index contributed by atoms with van der Waals surface area (Å²) in [5.41, 5.74) is 5.92. The lowest BCUT2D eigenvalue weighted by atomic mass is 9.97. The quantitative estimate of drug-likeness (QED) is 0.174. The summed E-state index contributed by atoms with van der Waals surface area (Å²) in [5, 5.41) is 10.3. The van der Waals surface area contributed by atoms with E-state index in [0.717, 1.165) is 11.4 Å². The second kappa shape index (κ2) is 10.5. The van der Waals surface area contributed by atoms with Crippen LogP contribution in [0, 0.1) is 0 Å². The van der Waals surface area contributed by atoms with Gasteiger partial charge in [-0.25, -0.2) is 0 Å². The van der Waals surface area contributed by atoms with Gasteiger partial charge in [0.15, 0.2) is 0 Å². The van der Waals surface area contributed by atoms with Gasteiger partial charge >= 0.3 is 0 Å². The van der Waals surface area contributed by atoms with E-state index in [4.69, 9.17) is 0 Å². The molecule has 0 N–H and O–H groups in total.